The topological polar surface area (TPSA) is 120 Å². The van der Waals surface area contributed by atoms with E-state index in [-0.39, 0.29) is 61.0 Å². The van der Waals surface area contributed by atoms with Gasteiger partial charge in [-0.3, -0.25) is 0 Å². The third kappa shape index (κ3) is 51.6. The van der Waals surface area contributed by atoms with Crippen molar-refractivity contribution >= 4 is 17.9 Å². The van der Waals surface area contributed by atoms with Crippen molar-refractivity contribution < 1.29 is 71.5 Å². The van der Waals surface area contributed by atoms with Crippen LogP contribution in [0.15, 0.2) is 0 Å². The molecule has 0 aromatic rings. The molecule has 0 fully saturated rings. The average molecular weight is 486 g/mol. The summed E-state index contributed by atoms with van der Waals surface area (Å²) in [6.45, 7) is 6.11. The fraction of sp³-hybridized carbons (Fsp3) is 0.833. The van der Waals surface area contributed by atoms with Gasteiger partial charge in [0.25, 0.3) is 0 Å². The number of unbranched alkanes of at least 4 members (excludes halogenated alkanes) is 6. The van der Waals surface area contributed by atoms with Gasteiger partial charge >= 0.3 is 41.7 Å². The van der Waals surface area contributed by atoms with Crippen LogP contribution in [-0.2, 0) is 14.4 Å². The summed E-state index contributed by atoms with van der Waals surface area (Å²) in [6, 6.07) is 0. The van der Waals surface area contributed by atoms with Gasteiger partial charge in [-0.1, -0.05) is 59.3 Å². The molecule has 145 valence electrons. The van der Waals surface area contributed by atoms with E-state index in [1.54, 1.807) is 0 Å². The zero-order chi connectivity index (χ0) is 19.2. The average Bonchev–Trinajstić information content (AvgIpc) is 2.48. The van der Waals surface area contributed by atoms with E-state index in [9.17, 15) is 29.7 Å². The van der Waals surface area contributed by atoms with Crippen LogP contribution in [0.1, 0.15) is 97.8 Å². The summed E-state index contributed by atoms with van der Waals surface area (Å²) in [5, 5.41) is 29.3. The van der Waals surface area contributed by atoms with Crippen molar-refractivity contribution in [3.05, 3.63) is 0 Å². The van der Waals surface area contributed by atoms with Crippen molar-refractivity contribution in [3.8, 4) is 0 Å². The van der Waals surface area contributed by atoms with Crippen LogP contribution in [0.25, 0.3) is 0 Å². The van der Waals surface area contributed by atoms with E-state index in [1.165, 1.54) is 0 Å². The van der Waals surface area contributed by atoms with Gasteiger partial charge in [-0.25, -0.2) is 0 Å². The van der Waals surface area contributed by atoms with Gasteiger partial charge in [-0.15, -0.1) is 0 Å². The van der Waals surface area contributed by atoms with Crippen molar-refractivity contribution in [1.29, 1.82) is 0 Å². The van der Waals surface area contributed by atoms with Gasteiger partial charge in [0.05, 0.1) is 0 Å². The Morgan fingerprint density at radius 1 is 0.520 bits per heavy atom. The number of hydrogen-bond acceptors (Lipinski definition) is 6. The number of rotatable bonds is 12. The SMILES string of the molecule is CCCCCC(=O)[O-].CCCCCC(=O)[O-].CCCCCC(=O)[O-].[Ce+3]. The first-order valence-electron chi connectivity index (χ1n) is 8.91. The second-order valence-electron chi connectivity index (χ2n) is 5.49. The van der Waals surface area contributed by atoms with E-state index in [4.69, 9.17) is 0 Å². The first-order valence-corrected chi connectivity index (χ1v) is 8.91. The van der Waals surface area contributed by atoms with Gasteiger partial charge in [0, 0.05) is 17.9 Å². The monoisotopic (exact) mass is 485 g/mol. The minimum atomic E-state index is -0.932. The maximum atomic E-state index is 9.76. The van der Waals surface area contributed by atoms with Gasteiger partial charge in [0.2, 0.25) is 0 Å². The minimum Gasteiger partial charge on any atom is -0.550 e. The number of carbonyl (C=O) groups is 3. The van der Waals surface area contributed by atoms with Gasteiger partial charge in [-0.05, 0) is 38.5 Å². The molecule has 0 amide bonds. The number of aliphatic carboxylic acids is 3. The molecule has 0 bridgehead atoms. The molecule has 0 aliphatic carbocycles. The molecule has 0 unspecified atom stereocenters. The molecule has 0 rings (SSSR count). The Hall–Kier alpha value is -0.213. The summed E-state index contributed by atoms with van der Waals surface area (Å²) in [5.41, 5.74) is 0. The predicted octanol–water partition coefficient (Wildman–Crippen LogP) is 0.950. The molecule has 0 atom stereocenters. The molecule has 1 radical (unpaired) electrons. The predicted molar refractivity (Wildman–Crippen MR) is 87.4 cm³/mol. The largest absolute Gasteiger partial charge is 3.00 e. The summed E-state index contributed by atoms with van der Waals surface area (Å²) >= 11 is 0. The molecule has 0 N–H and O–H groups in total. The van der Waals surface area contributed by atoms with Gasteiger partial charge in [-0.2, -0.15) is 0 Å². The number of carboxylic acid groups (broad SMARTS) is 3. The van der Waals surface area contributed by atoms with E-state index in [2.05, 4.69) is 0 Å². The van der Waals surface area contributed by atoms with Crippen molar-refractivity contribution in [1.82, 2.24) is 0 Å². The van der Waals surface area contributed by atoms with Crippen LogP contribution in [0.2, 0.25) is 0 Å². The summed E-state index contributed by atoms with van der Waals surface area (Å²) in [4.78, 5) is 29.3. The molecular formula is C18H33CeO6. The standard InChI is InChI=1S/3C6H12O2.Ce/c3*1-2-3-4-5-6(7)8;/h3*2-5H2,1H3,(H,7,8);/q;;;+3/p-3. The van der Waals surface area contributed by atoms with Crippen molar-refractivity contribution in [2.24, 2.45) is 0 Å². The zero-order valence-electron chi connectivity index (χ0n) is 15.9. The van der Waals surface area contributed by atoms with E-state index in [1.807, 2.05) is 20.8 Å². The molecule has 0 saturated carbocycles. The second-order valence-corrected chi connectivity index (χ2v) is 5.49. The molecule has 0 saturated heterocycles. The molecule has 0 heterocycles. The molecule has 6 nitrogen and oxygen atoms in total. The van der Waals surface area contributed by atoms with Crippen LogP contribution in [0, 0.1) is 41.7 Å². The third-order valence-corrected chi connectivity index (χ3v) is 2.95. The Morgan fingerprint density at radius 3 is 0.840 bits per heavy atom. The first-order chi connectivity index (χ1) is 11.3. The normalized spacial score (nSPS) is 8.76. The Morgan fingerprint density at radius 2 is 0.720 bits per heavy atom. The number of carbonyl (C=O) groups excluding carboxylic acids is 3. The minimum absolute atomic E-state index is 0. The first kappa shape index (κ1) is 32.5. The van der Waals surface area contributed by atoms with Gasteiger partial charge in [0.1, 0.15) is 0 Å². The second kappa shape index (κ2) is 28.6. The smallest absolute Gasteiger partial charge is 0.550 e. The maximum absolute atomic E-state index is 9.76. The Bertz CT molecular complexity index is 260. The Balaban J connectivity index is -0.000000130. The van der Waals surface area contributed by atoms with E-state index >= 15 is 0 Å². The number of carboxylic acids is 3. The third-order valence-electron chi connectivity index (χ3n) is 2.95. The Kier molecular flexibility index (Phi) is 37.1. The van der Waals surface area contributed by atoms with E-state index < -0.39 is 17.9 Å². The molecule has 0 aliphatic rings. The van der Waals surface area contributed by atoms with Crippen molar-refractivity contribution in [2.75, 3.05) is 0 Å². The molecular weight excluding hydrogens is 452 g/mol. The van der Waals surface area contributed by atoms with Crippen molar-refractivity contribution in [2.45, 2.75) is 97.8 Å². The van der Waals surface area contributed by atoms with Crippen LogP contribution in [-0.4, -0.2) is 17.9 Å². The Labute approximate surface area is 186 Å². The van der Waals surface area contributed by atoms with E-state index in [0.29, 0.717) is 0 Å². The summed E-state index contributed by atoms with van der Waals surface area (Å²) in [7, 11) is 0. The molecule has 0 aliphatic heterocycles. The quantitative estimate of drug-likeness (QED) is 0.380. The fourth-order valence-corrected chi connectivity index (χ4v) is 1.56. The van der Waals surface area contributed by atoms with Gasteiger partial charge in [0.15, 0.2) is 0 Å². The summed E-state index contributed by atoms with van der Waals surface area (Å²) < 4.78 is 0. The summed E-state index contributed by atoms with van der Waals surface area (Å²) in [5.74, 6) is -2.80. The fourth-order valence-electron chi connectivity index (χ4n) is 1.56. The molecule has 0 aromatic heterocycles. The van der Waals surface area contributed by atoms with Crippen LogP contribution in [0.5, 0.6) is 0 Å². The van der Waals surface area contributed by atoms with Crippen LogP contribution >= 0.6 is 0 Å². The van der Waals surface area contributed by atoms with E-state index in [0.717, 1.165) is 57.8 Å². The molecule has 0 aromatic carbocycles. The molecule has 7 heteroatoms. The van der Waals surface area contributed by atoms with Crippen LogP contribution in [0.3, 0.4) is 0 Å². The maximum Gasteiger partial charge on any atom is 3.00 e. The van der Waals surface area contributed by atoms with Gasteiger partial charge < -0.3 is 29.7 Å². The number of hydrogen-bond donors (Lipinski definition) is 0. The molecule has 25 heavy (non-hydrogen) atoms. The summed E-state index contributed by atoms with van der Waals surface area (Å²) in [6.07, 6.45) is 9.11. The zero-order valence-corrected chi connectivity index (χ0v) is 19.1. The van der Waals surface area contributed by atoms with Crippen LogP contribution < -0.4 is 15.3 Å². The van der Waals surface area contributed by atoms with Crippen LogP contribution in [0.4, 0.5) is 0 Å². The molecule has 0 spiro atoms. The van der Waals surface area contributed by atoms with Crippen molar-refractivity contribution in [3.63, 3.8) is 0 Å².